The molecule has 0 radical (unpaired) electrons. The maximum Gasteiger partial charge on any atom is 0.363 e. The summed E-state index contributed by atoms with van der Waals surface area (Å²) < 4.78 is 16.1. The Hall–Kier alpha value is -3.08. The fraction of sp³-hybridized carbons (Fsp3) is 0.200. The van der Waals surface area contributed by atoms with Crippen molar-refractivity contribution >= 4 is 17.9 Å². The van der Waals surface area contributed by atoms with Gasteiger partial charge in [0.25, 0.3) is 0 Å². The Balaban J connectivity index is 1.93. The molecule has 1 aliphatic heterocycles. The van der Waals surface area contributed by atoms with E-state index in [2.05, 4.69) is 4.99 Å². The Bertz CT molecular complexity index is 868. The molecular formula is C20H19NO4. The molecule has 0 saturated heterocycles. The van der Waals surface area contributed by atoms with Crippen molar-refractivity contribution in [2.24, 2.45) is 4.99 Å². The lowest BCUT2D eigenvalue weighted by Gasteiger charge is -2.09. The highest BCUT2D eigenvalue weighted by atomic mass is 16.6. The van der Waals surface area contributed by atoms with E-state index in [1.807, 2.05) is 50.2 Å². The Morgan fingerprint density at radius 3 is 2.72 bits per heavy atom. The van der Waals surface area contributed by atoms with Crippen LogP contribution in [0.15, 0.2) is 53.2 Å². The van der Waals surface area contributed by atoms with Gasteiger partial charge < -0.3 is 14.2 Å². The molecule has 25 heavy (non-hydrogen) atoms. The van der Waals surface area contributed by atoms with Crippen molar-refractivity contribution in [1.82, 2.24) is 0 Å². The number of benzene rings is 2. The van der Waals surface area contributed by atoms with Gasteiger partial charge in [-0.2, -0.15) is 0 Å². The summed E-state index contributed by atoms with van der Waals surface area (Å²) in [6.07, 6.45) is 1.67. The number of methoxy groups -OCH3 is 1. The zero-order valence-corrected chi connectivity index (χ0v) is 14.4. The molecule has 0 N–H and O–H groups in total. The Morgan fingerprint density at radius 2 is 2.00 bits per heavy atom. The summed E-state index contributed by atoms with van der Waals surface area (Å²) >= 11 is 0. The van der Waals surface area contributed by atoms with Crippen LogP contribution in [0.3, 0.4) is 0 Å². The van der Waals surface area contributed by atoms with Crippen LogP contribution in [-0.2, 0) is 9.53 Å². The highest BCUT2D eigenvalue weighted by molar-refractivity contribution is 6.12. The first-order valence-corrected chi connectivity index (χ1v) is 8.01. The van der Waals surface area contributed by atoms with E-state index in [0.29, 0.717) is 24.0 Å². The molecule has 0 fully saturated rings. The topological polar surface area (TPSA) is 57.1 Å². The molecule has 0 aliphatic carbocycles. The van der Waals surface area contributed by atoms with Crippen LogP contribution in [0.1, 0.15) is 23.6 Å². The summed E-state index contributed by atoms with van der Waals surface area (Å²) in [5, 5.41) is 0. The van der Waals surface area contributed by atoms with Crippen LogP contribution in [0.5, 0.6) is 11.5 Å². The van der Waals surface area contributed by atoms with Gasteiger partial charge in [0.15, 0.2) is 17.2 Å². The van der Waals surface area contributed by atoms with Crippen LogP contribution in [-0.4, -0.2) is 25.6 Å². The van der Waals surface area contributed by atoms with Crippen molar-refractivity contribution in [3.63, 3.8) is 0 Å². The van der Waals surface area contributed by atoms with E-state index in [4.69, 9.17) is 14.2 Å². The average Bonchev–Trinajstić information content (AvgIpc) is 2.96. The van der Waals surface area contributed by atoms with Crippen LogP contribution in [0.2, 0.25) is 0 Å². The second-order valence-corrected chi connectivity index (χ2v) is 5.55. The third kappa shape index (κ3) is 3.71. The minimum absolute atomic E-state index is 0.254. The third-order valence-electron chi connectivity index (χ3n) is 3.68. The van der Waals surface area contributed by atoms with E-state index in [1.165, 1.54) is 0 Å². The van der Waals surface area contributed by atoms with Crippen LogP contribution in [0, 0.1) is 6.92 Å². The number of nitrogens with zero attached hydrogens (tertiary/aromatic N) is 1. The molecule has 1 aliphatic rings. The summed E-state index contributed by atoms with van der Waals surface area (Å²) in [6, 6.07) is 13.1. The van der Waals surface area contributed by atoms with Gasteiger partial charge in [-0.1, -0.05) is 23.8 Å². The van der Waals surface area contributed by atoms with Crippen LogP contribution < -0.4 is 9.47 Å². The standard InChI is InChI=1S/C20H19NO4/c1-4-24-18-12-14(8-9-17(18)23-3)11-16-20(22)25-19(21-16)15-7-5-6-13(2)10-15/h5-12H,4H2,1-3H3/b16-11-. The molecule has 2 aromatic rings. The average molecular weight is 337 g/mol. The molecule has 5 nitrogen and oxygen atoms in total. The first-order chi connectivity index (χ1) is 12.1. The number of esters is 1. The fourth-order valence-corrected chi connectivity index (χ4v) is 2.52. The first kappa shape index (κ1) is 16.8. The Kier molecular flexibility index (Phi) is 4.84. The number of aryl methyl sites for hydroxylation is 1. The number of ether oxygens (including phenoxy) is 3. The molecule has 1 heterocycles. The molecule has 128 valence electrons. The lowest BCUT2D eigenvalue weighted by atomic mass is 10.1. The zero-order valence-electron chi connectivity index (χ0n) is 14.4. The van der Waals surface area contributed by atoms with Gasteiger partial charge in [0, 0.05) is 5.56 Å². The lowest BCUT2D eigenvalue weighted by Crippen LogP contribution is -2.05. The molecular weight excluding hydrogens is 318 g/mol. The predicted octanol–water partition coefficient (Wildman–Crippen LogP) is 3.75. The number of hydrogen-bond acceptors (Lipinski definition) is 5. The van der Waals surface area contributed by atoms with Crippen LogP contribution in [0.25, 0.3) is 6.08 Å². The van der Waals surface area contributed by atoms with E-state index < -0.39 is 5.97 Å². The molecule has 0 amide bonds. The minimum Gasteiger partial charge on any atom is -0.493 e. The summed E-state index contributed by atoms with van der Waals surface area (Å²) in [7, 11) is 1.59. The molecule has 0 aromatic heterocycles. The van der Waals surface area contributed by atoms with Gasteiger partial charge in [-0.3, -0.25) is 0 Å². The molecule has 3 rings (SSSR count). The molecule has 2 aromatic carbocycles. The third-order valence-corrected chi connectivity index (χ3v) is 3.68. The Morgan fingerprint density at radius 1 is 1.16 bits per heavy atom. The number of rotatable bonds is 5. The molecule has 0 bridgehead atoms. The van der Waals surface area contributed by atoms with Gasteiger partial charge in [0.1, 0.15) is 0 Å². The van der Waals surface area contributed by atoms with Gasteiger partial charge in [0.05, 0.1) is 13.7 Å². The van der Waals surface area contributed by atoms with Crippen molar-refractivity contribution in [3.05, 3.63) is 64.9 Å². The maximum atomic E-state index is 12.1. The highest BCUT2D eigenvalue weighted by Gasteiger charge is 2.24. The molecule has 0 saturated carbocycles. The second-order valence-electron chi connectivity index (χ2n) is 5.55. The van der Waals surface area contributed by atoms with Crippen LogP contribution in [0.4, 0.5) is 0 Å². The van der Waals surface area contributed by atoms with Crippen molar-refractivity contribution in [2.75, 3.05) is 13.7 Å². The van der Waals surface area contributed by atoms with Crippen LogP contribution >= 0.6 is 0 Å². The summed E-state index contributed by atoms with van der Waals surface area (Å²) in [6.45, 7) is 4.40. The number of hydrogen-bond donors (Lipinski definition) is 0. The summed E-state index contributed by atoms with van der Waals surface area (Å²) in [5.41, 5.74) is 2.89. The van der Waals surface area contributed by atoms with Gasteiger partial charge in [-0.05, 0) is 49.8 Å². The number of cyclic esters (lactones) is 1. The molecule has 0 unspecified atom stereocenters. The maximum absolute atomic E-state index is 12.1. The predicted molar refractivity (Wildman–Crippen MR) is 95.9 cm³/mol. The number of aliphatic imine (C=N–C) groups is 1. The highest BCUT2D eigenvalue weighted by Crippen LogP contribution is 2.29. The van der Waals surface area contributed by atoms with Crippen molar-refractivity contribution < 1.29 is 19.0 Å². The molecule has 5 heteroatoms. The van der Waals surface area contributed by atoms with Crippen molar-refractivity contribution in [3.8, 4) is 11.5 Å². The quantitative estimate of drug-likeness (QED) is 0.616. The van der Waals surface area contributed by atoms with Gasteiger partial charge >= 0.3 is 5.97 Å². The number of carbonyl (C=O) groups is 1. The van der Waals surface area contributed by atoms with E-state index in [0.717, 1.165) is 16.7 Å². The van der Waals surface area contributed by atoms with Crippen molar-refractivity contribution in [2.45, 2.75) is 13.8 Å². The fourth-order valence-electron chi connectivity index (χ4n) is 2.52. The van der Waals surface area contributed by atoms with E-state index >= 15 is 0 Å². The Labute approximate surface area is 146 Å². The number of carbonyl (C=O) groups excluding carboxylic acids is 1. The normalized spacial score (nSPS) is 15.1. The summed E-state index contributed by atoms with van der Waals surface area (Å²) in [5.74, 6) is 1.11. The van der Waals surface area contributed by atoms with Gasteiger partial charge in [-0.25, -0.2) is 9.79 Å². The van der Waals surface area contributed by atoms with Gasteiger partial charge in [0.2, 0.25) is 5.90 Å². The lowest BCUT2D eigenvalue weighted by molar-refractivity contribution is -0.129. The first-order valence-electron chi connectivity index (χ1n) is 8.01. The second kappa shape index (κ2) is 7.21. The monoisotopic (exact) mass is 337 g/mol. The van der Waals surface area contributed by atoms with Crippen molar-refractivity contribution in [1.29, 1.82) is 0 Å². The zero-order chi connectivity index (χ0) is 17.8. The largest absolute Gasteiger partial charge is 0.493 e. The smallest absolute Gasteiger partial charge is 0.363 e. The minimum atomic E-state index is -0.467. The SMILES string of the molecule is CCOc1cc(/C=C2\N=C(c3cccc(C)c3)OC2=O)ccc1OC. The molecule has 0 atom stereocenters. The van der Waals surface area contributed by atoms with E-state index in [1.54, 1.807) is 19.3 Å². The van der Waals surface area contributed by atoms with Gasteiger partial charge in [-0.15, -0.1) is 0 Å². The van der Waals surface area contributed by atoms with E-state index in [9.17, 15) is 4.79 Å². The molecule has 0 spiro atoms. The van der Waals surface area contributed by atoms with E-state index in [-0.39, 0.29) is 5.70 Å². The summed E-state index contributed by atoms with van der Waals surface area (Å²) in [4.78, 5) is 16.4.